The molecule has 0 saturated heterocycles. The Balaban J connectivity index is 2.89. The first-order valence-corrected chi connectivity index (χ1v) is 6.78. The van der Waals surface area contributed by atoms with Gasteiger partial charge in [-0.1, -0.05) is 15.9 Å². The Morgan fingerprint density at radius 2 is 2.05 bits per heavy atom. The monoisotopic (exact) mass is 353 g/mol. The molecule has 0 amide bonds. The number of ether oxygens (including phenoxy) is 1. The minimum absolute atomic E-state index is 0.0242. The van der Waals surface area contributed by atoms with Crippen molar-refractivity contribution in [3.05, 3.63) is 28.2 Å². The van der Waals surface area contributed by atoms with Crippen LogP contribution < -0.4 is 4.90 Å². The first-order valence-electron chi connectivity index (χ1n) is 5.99. The number of hydrogen-bond donors (Lipinski definition) is 0. The molecule has 0 heterocycles. The number of rotatable bonds is 5. The fourth-order valence-electron chi connectivity index (χ4n) is 1.67. The smallest absolute Gasteiger partial charge is 0.418 e. The topological polar surface area (TPSA) is 29.5 Å². The standard InChI is InChI=1S/C13H15BrF3NO2/c1-3-20-12(19)6-7-18(2)11-8-9(14)4-5-10(11)13(15,16)17/h4-5,8H,3,6-7H2,1-2H3. The van der Waals surface area contributed by atoms with Gasteiger partial charge in [-0.3, -0.25) is 4.79 Å². The Labute approximate surface area is 123 Å². The lowest BCUT2D eigenvalue weighted by Gasteiger charge is -2.23. The van der Waals surface area contributed by atoms with Gasteiger partial charge in [-0.05, 0) is 25.1 Å². The molecule has 0 aromatic heterocycles. The predicted molar refractivity (Wildman–Crippen MR) is 73.7 cm³/mol. The largest absolute Gasteiger partial charge is 0.466 e. The predicted octanol–water partition coefficient (Wildman–Crippen LogP) is 3.86. The van der Waals surface area contributed by atoms with Crippen LogP contribution in [0.3, 0.4) is 0 Å². The van der Waals surface area contributed by atoms with Crippen molar-refractivity contribution in [2.24, 2.45) is 0 Å². The van der Waals surface area contributed by atoms with Gasteiger partial charge in [0.05, 0.1) is 18.6 Å². The molecule has 1 aromatic carbocycles. The molecule has 0 radical (unpaired) electrons. The van der Waals surface area contributed by atoms with Gasteiger partial charge in [-0.25, -0.2) is 0 Å². The van der Waals surface area contributed by atoms with Crippen molar-refractivity contribution >= 4 is 27.6 Å². The molecule has 7 heteroatoms. The molecule has 1 aromatic rings. The average molecular weight is 354 g/mol. The summed E-state index contributed by atoms with van der Waals surface area (Å²) in [5, 5.41) is 0. The quantitative estimate of drug-likeness (QED) is 0.753. The van der Waals surface area contributed by atoms with Crippen molar-refractivity contribution in [3.8, 4) is 0 Å². The third-order valence-electron chi connectivity index (χ3n) is 2.63. The second kappa shape index (κ2) is 6.97. The molecule has 0 aliphatic carbocycles. The van der Waals surface area contributed by atoms with Gasteiger partial charge in [-0.15, -0.1) is 0 Å². The maximum Gasteiger partial charge on any atom is 0.418 e. The van der Waals surface area contributed by atoms with E-state index in [9.17, 15) is 18.0 Å². The van der Waals surface area contributed by atoms with Crippen molar-refractivity contribution in [1.29, 1.82) is 0 Å². The minimum atomic E-state index is -4.44. The Morgan fingerprint density at radius 1 is 1.40 bits per heavy atom. The van der Waals surface area contributed by atoms with Crippen LogP contribution in [0.25, 0.3) is 0 Å². The zero-order valence-electron chi connectivity index (χ0n) is 11.1. The molecule has 3 nitrogen and oxygen atoms in total. The molecule has 1 rings (SSSR count). The van der Waals surface area contributed by atoms with Crippen LogP contribution in [0.15, 0.2) is 22.7 Å². The lowest BCUT2D eigenvalue weighted by atomic mass is 10.1. The molecule has 0 fully saturated rings. The molecule has 0 atom stereocenters. The average Bonchev–Trinajstić information content (AvgIpc) is 2.34. The summed E-state index contributed by atoms with van der Waals surface area (Å²) in [4.78, 5) is 12.6. The van der Waals surface area contributed by atoms with Crippen LogP contribution in [-0.4, -0.2) is 26.2 Å². The zero-order chi connectivity index (χ0) is 15.3. The molecule has 0 saturated carbocycles. The summed E-state index contributed by atoms with van der Waals surface area (Å²) in [5.74, 6) is -0.428. The van der Waals surface area contributed by atoms with E-state index in [1.165, 1.54) is 24.1 Å². The number of benzene rings is 1. The van der Waals surface area contributed by atoms with Gasteiger partial charge in [-0.2, -0.15) is 13.2 Å². The van der Waals surface area contributed by atoms with E-state index >= 15 is 0 Å². The van der Waals surface area contributed by atoms with E-state index in [0.29, 0.717) is 4.47 Å². The highest BCUT2D eigenvalue weighted by Crippen LogP contribution is 2.37. The van der Waals surface area contributed by atoms with Crippen LogP contribution in [0.1, 0.15) is 18.9 Å². The fourth-order valence-corrected chi connectivity index (χ4v) is 2.02. The van der Waals surface area contributed by atoms with E-state index in [2.05, 4.69) is 15.9 Å². The molecule has 0 aliphatic heterocycles. The molecule has 0 bridgehead atoms. The second-order valence-electron chi connectivity index (χ2n) is 4.14. The summed E-state index contributed by atoms with van der Waals surface area (Å²) >= 11 is 3.15. The summed E-state index contributed by atoms with van der Waals surface area (Å²) in [6, 6.07) is 3.74. The molecule has 0 unspecified atom stereocenters. The zero-order valence-corrected chi connectivity index (χ0v) is 12.7. The van der Waals surface area contributed by atoms with Crippen LogP contribution >= 0.6 is 15.9 Å². The number of anilines is 1. The molecule has 0 spiro atoms. The molecular formula is C13H15BrF3NO2. The SMILES string of the molecule is CCOC(=O)CCN(C)c1cc(Br)ccc1C(F)(F)F. The van der Waals surface area contributed by atoms with E-state index in [-0.39, 0.29) is 25.3 Å². The maximum absolute atomic E-state index is 12.9. The number of alkyl halides is 3. The minimum Gasteiger partial charge on any atom is -0.466 e. The summed E-state index contributed by atoms with van der Waals surface area (Å²) < 4.78 is 44.1. The van der Waals surface area contributed by atoms with Gasteiger partial charge >= 0.3 is 12.1 Å². The van der Waals surface area contributed by atoms with Crippen LogP contribution in [-0.2, 0) is 15.7 Å². The van der Waals surface area contributed by atoms with Crippen molar-refractivity contribution in [3.63, 3.8) is 0 Å². The van der Waals surface area contributed by atoms with Gasteiger partial charge in [0.1, 0.15) is 0 Å². The lowest BCUT2D eigenvalue weighted by molar-refractivity contribution is -0.142. The van der Waals surface area contributed by atoms with Gasteiger partial charge in [0.2, 0.25) is 0 Å². The van der Waals surface area contributed by atoms with Crippen LogP contribution in [0.2, 0.25) is 0 Å². The van der Waals surface area contributed by atoms with Crippen LogP contribution in [0.4, 0.5) is 18.9 Å². The normalized spacial score (nSPS) is 11.3. The van der Waals surface area contributed by atoms with E-state index in [4.69, 9.17) is 4.74 Å². The Kier molecular flexibility index (Phi) is 5.86. The van der Waals surface area contributed by atoms with Gasteiger partial charge < -0.3 is 9.64 Å². The first-order chi connectivity index (χ1) is 9.25. The highest BCUT2D eigenvalue weighted by atomic mass is 79.9. The molecule has 112 valence electrons. The maximum atomic E-state index is 12.9. The number of hydrogen-bond acceptors (Lipinski definition) is 3. The Bertz CT molecular complexity index is 477. The number of esters is 1. The fraction of sp³-hybridized carbons (Fsp3) is 0.462. The summed E-state index contributed by atoms with van der Waals surface area (Å²) in [6.45, 7) is 2.09. The van der Waals surface area contributed by atoms with E-state index in [0.717, 1.165) is 6.07 Å². The van der Waals surface area contributed by atoms with E-state index < -0.39 is 17.7 Å². The highest BCUT2D eigenvalue weighted by molar-refractivity contribution is 9.10. The van der Waals surface area contributed by atoms with Gasteiger partial charge in [0.25, 0.3) is 0 Å². The van der Waals surface area contributed by atoms with Crippen LogP contribution in [0, 0.1) is 0 Å². The Hall–Kier alpha value is -1.24. The highest BCUT2D eigenvalue weighted by Gasteiger charge is 2.34. The molecular weight excluding hydrogens is 339 g/mol. The van der Waals surface area contributed by atoms with Crippen molar-refractivity contribution in [2.45, 2.75) is 19.5 Å². The summed E-state index contributed by atoms with van der Waals surface area (Å²) in [5.41, 5.74) is -0.705. The number of nitrogens with zero attached hydrogens (tertiary/aromatic N) is 1. The lowest BCUT2D eigenvalue weighted by Crippen LogP contribution is -2.24. The summed E-state index contributed by atoms with van der Waals surface area (Å²) in [6.07, 6.45) is -4.40. The Morgan fingerprint density at radius 3 is 2.60 bits per heavy atom. The third-order valence-corrected chi connectivity index (χ3v) is 3.13. The summed E-state index contributed by atoms with van der Waals surface area (Å²) in [7, 11) is 1.51. The van der Waals surface area contributed by atoms with Crippen LogP contribution in [0.5, 0.6) is 0 Å². The molecule has 0 N–H and O–H groups in total. The van der Waals surface area contributed by atoms with Crippen molar-refractivity contribution in [2.75, 3.05) is 25.1 Å². The number of halogens is 4. The van der Waals surface area contributed by atoms with E-state index in [1.54, 1.807) is 6.92 Å². The number of carbonyl (C=O) groups excluding carboxylic acids is 1. The number of carbonyl (C=O) groups is 1. The molecule has 0 aliphatic rings. The second-order valence-corrected chi connectivity index (χ2v) is 5.05. The molecule has 20 heavy (non-hydrogen) atoms. The third kappa shape index (κ3) is 4.70. The van der Waals surface area contributed by atoms with Gasteiger partial charge in [0, 0.05) is 23.8 Å². The van der Waals surface area contributed by atoms with E-state index in [1.807, 2.05) is 0 Å². The van der Waals surface area contributed by atoms with Crippen molar-refractivity contribution < 1.29 is 22.7 Å². The van der Waals surface area contributed by atoms with Crippen molar-refractivity contribution in [1.82, 2.24) is 0 Å². The first kappa shape index (κ1) is 16.8. The van der Waals surface area contributed by atoms with Gasteiger partial charge in [0.15, 0.2) is 0 Å².